The van der Waals surface area contributed by atoms with Crippen molar-refractivity contribution in [3.05, 3.63) is 0 Å². The molecule has 3 nitrogen and oxygen atoms in total. The van der Waals surface area contributed by atoms with Crippen LogP contribution in [0.4, 0.5) is 0 Å². The van der Waals surface area contributed by atoms with Crippen LogP contribution < -0.4 is 10.6 Å². The van der Waals surface area contributed by atoms with Gasteiger partial charge in [-0.15, -0.1) is 0 Å². The van der Waals surface area contributed by atoms with Gasteiger partial charge >= 0.3 is 0 Å². The molecule has 1 fully saturated rings. The molecule has 0 aromatic carbocycles. The smallest absolute Gasteiger partial charge is 0.0317 e. The van der Waals surface area contributed by atoms with Crippen LogP contribution in [0.15, 0.2) is 0 Å². The molecular weight excluding hydrogens is 162 g/mol. The molecule has 0 radical (unpaired) electrons. The van der Waals surface area contributed by atoms with Gasteiger partial charge in [-0.3, -0.25) is 0 Å². The largest absolute Gasteiger partial charge is 0.314 e. The highest BCUT2D eigenvalue weighted by Crippen LogP contribution is 1.95. The fraction of sp³-hybridized carbons (Fsp3) is 1.00. The van der Waals surface area contributed by atoms with Crippen molar-refractivity contribution in [2.24, 2.45) is 0 Å². The van der Waals surface area contributed by atoms with Gasteiger partial charge in [0.2, 0.25) is 0 Å². The lowest BCUT2D eigenvalue weighted by Crippen LogP contribution is -2.55. The summed E-state index contributed by atoms with van der Waals surface area (Å²) >= 11 is 0. The maximum absolute atomic E-state index is 3.52. The SMILES string of the molecule is CC(C)N(C)CCCNC1CNC1. The second-order valence-electron chi connectivity index (χ2n) is 4.24. The Bertz CT molecular complexity index is 132. The fourth-order valence-electron chi connectivity index (χ4n) is 1.33. The zero-order chi connectivity index (χ0) is 9.68. The molecule has 0 aromatic heterocycles. The minimum absolute atomic E-state index is 0.672. The molecule has 13 heavy (non-hydrogen) atoms. The third-order valence-electron chi connectivity index (χ3n) is 2.78. The first-order valence-electron chi connectivity index (χ1n) is 5.34. The van der Waals surface area contributed by atoms with Gasteiger partial charge in [0.1, 0.15) is 0 Å². The molecule has 1 heterocycles. The number of hydrogen-bond acceptors (Lipinski definition) is 3. The van der Waals surface area contributed by atoms with E-state index >= 15 is 0 Å². The molecule has 1 saturated heterocycles. The third kappa shape index (κ3) is 4.07. The van der Waals surface area contributed by atoms with Gasteiger partial charge in [0, 0.05) is 25.2 Å². The van der Waals surface area contributed by atoms with Crippen LogP contribution in [0.25, 0.3) is 0 Å². The predicted molar refractivity (Wildman–Crippen MR) is 57.0 cm³/mol. The summed E-state index contributed by atoms with van der Waals surface area (Å²) in [5.41, 5.74) is 0. The van der Waals surface area contributed by atoms with Gasteiger partial charge in [-0.25, -0.2) is 0 Å². The van der Waals surface area contributed by atoms with Crippen molar-refractivity contribution in [3.8, 4) is 0 Å². The number of nitrogens with zero attached hydrogens (tertiary/aromatic N) is 1. The van der Waals surface area contributed by atoms with Gasteiger partial charge in [-0.1, -0.05) is 0 Å². The number of rotatable bonds is 6. The third-order valence-corrected chi connectivity index (χ3v) is 2.78. The van der Waals surface area contributed by atoms with Gasteiger partial charge in [0.05, 0.1) is 0 Å². The van der Waals surface area contributed by atoms with E-state index in [-0.39, 0.29) is 0 Å². The molecule has 0 bridgehead atoms. The summed E-state index contributed by atoms with van der Waals surface area (Å²) in [6.45, 7) is 9.14. The highest BCUT2D eigenvalue weighted by Gasteiger charge is 2.14. The summed E-state index contributed by atoms with van der Waals surface area (Å²) in [7, 11) is 2.19. The molecular formula is C10H23N3. The van der Waals surface area contributed by atoms with Crippen molar-refractivity contribution in [1.29, 1.82) is 0 Å². The number of nitrogens with one attached hydrogen (secondary N) is 2. The average molecular weight is 185 g/mol. The monoisotopic (exact) mass is 185 g/mol. The van der Waals surface area contributed by atoms with Gasteiger partial charge in [-0.2, -0.15) is 0 Å². The van der Waals surface area contributed by atoms with E-state index in [4.69, 9.17) is 0 Å². The lowest BCUT2D eigenvalue weighted by Gasteiger charge is -2.28. The first-order chi connectivity index (χ1) is 6.20. The van der Waals surface area contributed by atoms with E-state index in [0.717, 1.165) is 25.7 Å². The van der Waals surface area contributed by atoms with Crippen LogP contribution in [0.1, 0.15) is 20.3 Å². The molecule has 1 aliphatic rings. The summed E-state index contributed by atoms with van der Waals surface area (Å²) < 4.78 is 0. The summed E-state index contributed by atoms with van der Waals surface area (Å²) in [5.74, 6) is 0. The van der Waals surface area contributed by atoms with Crippen LogP contribution in [-0.2, 0) is 0 Å². The van der Waals surface area contributed by atoms with Crippen molar-refractivity contribution in [3.63, 3.8) is 0 Å². The van der Waals surface area contributed by atoms with Crippen molar-refractivity contribution < 1.29 is 0 Å². The first-order valence-corrected chi connectivity index (χ1v) is 5.34. The second-order valence-corrected chi connectivity index (χ2v) is 4.24. The van der Waals surface area contributed by atoms with Crippen LogP contribution in [0.5, 0.6) is 0 Å². The first kappa shape index (κ1) is 11.0. The minimum Gasteiger partial charge on any atom is -0.314 e. The van der Waals surface area contributed by atoms with Crippen LogP contribution >= 0.6 is 0 Å². The topological polar surface area (TPSA) is 27.3 Å². The molecule has 0 aliphatic carbocycles. The highest BCUT2D eigenvalue weighted by molar-refractivity contribution is 4.81. The maximum Gasteiger partial charge on any atom is 0.0317 e. The zero-order valence-corrected chi connectivity index (χ0v) is 9.14. The lowest BCUT2D eigenvalue weighted by atomic mass is 10.2. The summed E-state index contributed by atoms with van der Waals surface area (Å²) in [4.78, 5) is 2.39. The summed E-state index contributed by atoms with van der Waals surface area (Å²) in [6, 6.07) is 1.41. The van der Waals surface area contributed by atoms with Gasteiger partial charge in [0.15, 0.2) is 0 Å². The second kappa shape index (κ2) is 5.58. The van der Waals surface area contributed by atoms with Crippen LogP contribution in [-0.4, -0.2) is 50.2 Å². The van der Waals surface area contributed by atoms with Crippen molar-refractivity contribution >= 4 is 0 Å². The van der Waals surface area contributed by atoms with Crippen LogP contribution in [0.2, 0.25) is 0 Å². The molecule has 0 amide bonds. The van der Waals surface area contributed by atoms with E-state index in [1.807, 2.05) is 0 Å². The Morgan fingerprint density at radius 3 is 2.62 bits per heavy atom. The van der Waals surface area contributed by atoms with E-state index < -0.39 is 0 Å². The Kier molecular flexibility index (Phi) is 4.70. The van der Waals surface area contributed by atoms with E-state index in [0.29, 0.717) is 6.04 Å². The van der Waals surface area contributed by atoms with Gasteiger partial charge in [-0.05, 0) is 40.4 Å². The summed E-state index contributed by atoms with van der Waals surface area (Å²) in [5, 5.41) is 6.78. The van der Waals surface area contributed by atoms with Crippen molar-refractivity contribution in [2.75, 3.05) is 33.2 Å². The van der Waals surface area contributed by atoms with Crippen LogP contribution in [0.3, 0.4) is 0 Å². The van der Waals surface area contributed by atoms with Gasteiger partial charge in [0.25, 0.3) is 0 Å². The van der Waals surface area contributed by atoms with E-state index in [1.54, 1.807) is 0 Å². The Hall–Kier alpha value is -0.120. The molecule has 0 spiro atoms. The van der Waals surface area contributed by atoms with E-state index in [1.165, 1.54) is 13.0 Å². The standard InChI is InChI=1S/C10H23N3/c1-9(2)13(3)6-4-5-12-10-7-11-8-10/h9-12H,4-8H2,1-3H3. The molecule has 0 atom stereocenters. The Labute approximate surface area is 81.9 Å². The molecule has 3 heteroatoms. The van der Waals surface area contributed by atoms with Crippen molar-refractivity contribution in [2.45, 2.75) is 32.4 Å². The molecule has 0 aromatic rings. The minimum atomic E-state index is 0.672. The zero-order valence-electron chi connectivity index (χ0n) is 9.14. The molecule has 0 saturated carbocycles. The predicted octanol–water partition coefficient (Wildman–Crippen LogP) is 0.278. The molecule has 1 rings (SSSR count). The van der Waals surface area contributed by atoms with E-state index in [2.05, 4.69) is 36.4 Å². The highest BCUT2D eigenvalue weighted by atomic mass is 15.1. The Balaban J connectivity index is 1.88. The molecule has 1 aliphatic heterocycles. The van der Waals surface area contributed by atoms with Crippen LogP contribution in [0, 0.1) is 0 Å². The normalized spacial score (nSPS) is 18.2. The summed E-state index contributed by atoms with van der Waals surface area (Å²) in [6.07, 6.45) is 1.26. The molecule has 78 valence electrons. The quantitative estimate of drug-likeness (QED) is 0.582. The molecule has 2 N–H and O–H groups in total. The fourth-order valence-corrected chi connectivity index (χ4v) is 1.33. The lowest BCUT2D eigenvalue weighted by molar-refractivity contribution is 0.264. The van der Waals surface area contributed by atoms with Crippen molar-refractivity contribution in [1.82, 2.24) is 15.5 Å². The van der Waals surface area contributed by atoms with E-state index in [9.17, 15) is 0 Å². The maximum atomic E-state index is 3.52. The number of hydrogen-bond donors (Lipinski definition) is 2. The molecule has 0 unspecified atom stereocenters. The Morgan fingerprint density at radius 1 is 1.46 bits per heavy atom. The Morgan fingerprint density at radius 2 is 2.15 bits per heavy atom. The van der Waals surface area contributed by atoms with Gasteiger partial charge < -0.3 is 15.5 Å². The average Bonchev–Trinajstić information content (AvgIpc) is 2.00.